The average Bonchev–Trinajstić information content (AvgIpc) is 2.29. The van der Waals surface area contributed by atoms with Gasteiger partial charge in [-0.3, -0.25) is 0 Å². The van der Waals surface area contributed by atoms with E-state index in [0.29, 0.717) is 0 Å². The molecule has 0 bridgehead atoms. The second-order valence-corrected chi connectivity index (χ2v) is 4.79. The third kappa shape index (κ3) is 2.40. The summed E-state index contributed by atoms with van der Waals surface area (Å²) in [6.45, 7) is 2.01. The summed E-state index contributed by atoms with van der Waals surface area (Å²) >= 11 is 0. The van der Waals surface area contributed by atoms with E-state index >= 15 is 0 Å². The van der Waals surface area contributed by atoms with E-state index in [1.807, 2.05) is 6.07 Å². The molecule has 0 unspecified atom stereocenters. The molecule has 0 atom stereocenters. The molecule has 4 heteroatoms. The van der Waals surface area contributed by atoms with Crippen LogP contribution in [0.2, 0.25) is 0 Å². The minimum absolute atomic E-state index is 0. The van der Waals surface area contributed by atoms with Crippen LogP contribution in [0.15, 0.2) is 18.2 Å². The molecule has 1 fully saturated rings. The first-order chi connectivity index (χ1) is 7.77. The largest absolute Gasteiger partial charge is 0.487 e. The summed E-state index contributed by atoms with van der Waals surface area (Å²) in [5, 5.41) is 3.34. The summed E-state index contributed by atoms with van der Waals surface area (Å²) in [6.07, 6.45) is 4.13. The van der Waals surface area contributed by atoms with Crippen LogP contribution in [0, 0.1) is 5.82 Å². The van der Waals surface area contributed by atoms with E-state index in [1.54, 1.807) is 0 Å². The summed E-state index contributed by atoms with van der Waals surface area (Å²) in [6, 6.07) is 4.89. The molecule has 0 aromatic heterocycles. The highest BCUT2D eigenvalue weighted by Gasteiger charge is 2.37. The fraction of sp³-hybridized carbons (Fsp3) is 0.538. The van der Waals surface area contributed by atoms with Crippen molar-refractivity contribution in [3.05, 3.63) is 29.6 Å². The van der Waals surface area contributed by atoms with E-state index in [1.165, 1.54) is 12.1 Å². The zero-order valence-corrected chi connectivity index (χ0v) is 10.5. The summed E-state index contributed by atoms with van der Waals surface area (Å²) in [7, 11) is 0. The predicted molar refractivity (Wildman–Crippen MR) is 67.4 cm³/mol. The molecule has 0 saturated carbocycles. The van der Waals surface area contributed by atoms with E-state index in [-0.39, 0.29) is 23.8 Å². The number of piperidine rings is 1. The Morgan fingerprint density at radius 3 is 2.71 bits per heavy atom. The first kappa shape index (κ1) is 12.7. The van der Waals surface area contributed by atoms with Crippen molar-refractivity contribution in [2.24, 2.45) is 0 Å². The van der Waals surface area contributed by atoms with Crippen LogP contribution in [-0.4, -0.2) is 18.7 Å². The van der Waals surface area contributed by atoms with Gasteiger partial charge in [0.15, 0.2) is 0 Å². The molecular formula is C13H17ClFNO. The van der Waals surface area contributed by atoms with Gasteiger partial charge in [0.1, 0.15) is 17.2 Å². The summed E-state index contributed by atoms with van der Waals surface area (Å²) < 4.78 is 19.2. The maximum atomic E-state index is 13.2. The van der Waals surface area contributed by atoms with Gasteiger partial charge in [0, 0.05) is 6.07 Å². The molecule has 2 aliphatic heterocycles. The molecule has 0 radical (unpaired) electrons. The summed E-state index contributed by atoms with van der Waals surface area (Å²) in [4.78, 5) is 0. The van der Waals surface area contributed by atoms with Gasteiger partial charge in [-0.15, -0.1) is 12.4 Å². The molecule has 17 heavy (non-hydrogen) atoms. The normalized spacial score (nSPS) is 21.2. The molecule has 0 aliphatic carbocycles. The van der Waals surface area contributed by atoms with Crippen LogP contribution < -0.4 is 10.1 Å². The maximum absolute atomic E-state index is 13.2. The Balaban J connectivity index is 0.00000108. The topological polar surface area (TPSA) is 21.3 Å². The lowest BCUT2D eigenvalue weighted by molar-refractivity contribution is 0.0167. The molecule has 2 heterocycles. The number of nitrogens with one attached hydrogen (secondary N) is 1. The van der Waals surface area contributed by atoms with Gasteiger partial charge in [-0.05, 0) is 50.4 Å². The molecule has 2 nitrogen and oxygen atoms in total. The Bertz CT molecular complexity index is 404. The molecule has 1 saturated heterocycles. The van der Waals surface area contributed by atoms with Crippen molar-refractivity contribution >= 4 is 12.4 Å². The summed E-state index contributed by atoms with van der Waals surface area (Å²) in [5.74, 6) is 0.554. The predicted octanol–water partition coefficient (Wildman–Crippen LogP) is 2.69. The van der Waals surface area contributed by atoms with Crippen molar-refractivity contribution in [2.45, 2.75) is 31.3 Å². The molecule has 1 aromatic rings. The smallest absolute Gasteiger partial charge is 0.126 e. The third-order valence-corrected chi connectivity index (χ3v) is 3.72. The molecule has 1 spiro atoms. The Kier molecular flexibility index (Phi) is 3.59. The van der Waals surface area contributed by atoms with Gasteiger partial charge in [0.2, 0.25) is 0 Å². The number of benzene rings is 1. The van der Waals surface area contributed by atoms with Crippen molar-refractivity contribution in [1.29, 1.82) is 0 Å². The Labute approximate surface area is 107 Å². The van der Waals surface area contributed by atoms with Crippen LogP contribution in [-0.2, 0) is 6.42 Å². The fourth-order valence-corrected chi connectivity index (χ4v) is 2.71. The number of rotatable bonds is 0. The average molecular weight is 258 g/mol. The first-order valence-corrected chi connectivity index (χ1v) is 5.96. The zero-order valence-electron chi connectivity index (χ0n) is 9.67. The Hall–Kier alpha value is -0.800. The van der Waals surface area contributed by atoms with Crippen molar-refractivity contribution in [2.75, 3.05) is 13.1 Å². The van der Waals surface area contributed by atoms with E-state index in [4.69, 9.17) is 4.74 Å². The molecule has 94 valence electrons. The zero-order chi connectivity index (χ0) is 11.0. The summed E-state index contributed by atoms with van der Waals surface area (Å²) in [5.41, 5.74) is 1.11. The lowest BCUT2D eigenvalue weighted by Crippen LogP contribution is -2.48. The number of hydrogen-bond donors (Lipinski definition) is 1. The quantitative estimate of drug-likeness (QED) is 0.772. The third-order valence-electron chi connectivity index (χ3n) is 3.72. The maximum Gasteiger partial charge on any atom is 0.126 e. The van der Waals surface area contributed by atoms with Gasteiger partial charge in [-0.25, -0.2) is 4.39 Å². The highest BCUT2D eigenvalue weighted by molar-refractivity contribution is 5.85. The first-order valence-electron chi connectivity index (χ1n) is 5.96. The van der Waals surface area contributed by atoms with E-state index < -0.39 is 0 Å². The van der Waals surface area contributed by atoms with Crippen LogP contribution in [0.4, 0.5) is 4.39 Å². The molecule has 1 aromatic carbocycles. The van der Waals surface area contributed by atoms with Crippen LogP contribution in [0.5, 0.6) is 5.75 Å². The Morgan fingerprint density at radius 1 is 1.18 bits per heavy atom. The number of halogens is 2. The molecule has 1 N–H and O–H groups in total. The number of hydrogen-bond acceptors (Lipinski definition) is 2. The van der Waals surface area contributed by atoms with E-state index in [0.717, 1.165) is 50.1 Å². The standard InChI is InChI=1S/C13H16FNO.ClH/c14-11-2-1-10-3-4-13(16-12(10)9-11)5-7-15-8-6-13;/h1-2,9,15H,3-8H2;1H. The lowest BCUT2D eigenvalue weighted by Gasteiger charge is -2.41. The van der Waals surface area contributed by atoms with Gasteiger partial charge in [-0.2, -0.15) is 0 Å². The van der Waals surface area contributed by atoms with Gasteiger partial charge < -0.3 is 10.1 Å². The minimum atomic E-state index is -0.204. The Morgan fingerprint density at radius 2 is 1.94 bits per heavy atom. The second-order valence-electron chi connectivity index (χ2n) is 4.79. The van der Waals surface area contributed by atoms with Crippen molar-refractivity contribution in [3.63, 3.8) is 0 Å². The number of aryl methyl sites for hydroxylation is 1. The van der Waals surface area contributed by atoms with Crippen molar-refractivity contribution in [3.8, 4) is 5.75 Å². The van der Waals surface area contributed by atoms with E-state index in [2.05, 4.69) is 5.32 Å². The minimum Gasteiger partial charge on any atom is -0.487 e. The highest BCUT2D eigenvalue weighted by Crippen LogP contribution is 2.38. The monoisotopic (exact) mass is 257 g/mol. The van der Waals surface area contributed by atoms with Crippen molar-refractivity contribution < 1.29 is 9.13 Å². The van der Waals surface area contributed by atoms with Crippen molar-refractivity contribution in [1.82, 2.24) is 5.32 Å². The molecular weight excluding hydrogens is 241 g/mol. The number of fused-ring (bicyclic) bond motifs is 1. The molecule has 0 amide bonds. The fourth-order valence-electron chi connectivity index (χ4n) is 2.71. The van der Waals surface area contributed by atoms with Crippen LogP contribution in [0.3, 0.4) is 0 Å². The van der Waals surface area contributed by atoms with Crippen LogP contribution in [0.1, 0.15) is 24.8 Å². The highest BCUT2D eigenvalue weighted by atomic mass is 35.5. The molecule has 3 rings (SSSR count). The van der Waals surface area contributed by atoms with Gasteiger partial charge in [0.05, 0.1) is 0 Å². The molecule has 2 aliphatic rings. The van der Waals surface area contributed by atoms with Gasteiger partial charge >= 0.3 is 0 Å². The number of ether oxygens (including phenoxy) is 1. The lowest BCUT2D eigenvalue weighted by atomic mass is 9.84. The SMILES string of the molecule is Cl.Fc1ccc2c(c1)OC1(CCNCC1)CC2. The van der Waals surface area contributed by atoms with Gasteiger partial charge in [0.25, 0.3) is 0 Å². The second kappa shape index (κ2) is 4.83. The van der Waals surface area contributed by atoms with Crippen LogP contribution in [0.25, 0.3) is 0 Å². The van der Waals surface area contributed by atoms with Gasteiger partial charge in [-0.1, -0.05) is 6.07 Å². The van der Waals surface area contributed by atoms with E-state index in [9.17, 15) is 4.39 Å². The van der Waals surface area contributed by atoms with Crippen LogP contribution >= 0.6 is 12.4 Å².